The van der Waals surface area contributed by atoms with Crippen molar-refractivity contribution < 1.29 is 24.5 Å². The van der Waals surface area contributed by atoms with Gasteiger partial charge in [0.15, 0.2) is 0 Å². The molecule has 0 unspecified atom stereocenters. The van der Waals surface area contributed by atoms with E-state index in [2.05, 4.69) is 30.8 Å². The number of nitrogens with zero attached hydrogens (tertiary/aromatic N) is 2. The maximum atomic E-state index is 13.2. The number of pyridine rings is 2. The molecule has 3 aromatic carbocycles. The SMILES string of the molecule is O=C(CCCc1ccc(-c2ccccc2)c(NC(=O)OC23CCN(CC2)CC3)c1)Nc1ccc(CNC[C@H](O)c2ccc(O)c3[nH]c(=O)ccc23)nc1. The first-order chi connectivity index (χ1) is 25.7. The second kappa shape index (κ2) is 16.0. The molecule has 0 radical (unpaired) electrons. The number of rotatable bonds is 13. The number of nitrogens with one attached hydrogen (secondary N) is 4. The highest BCUT2D eigenvalue weighted by Gasteiger charge is 2.42. The molecular weight excluding hydrogens is 672 g/mol. The van der Waals surface area contributed by atoms with E-state index in [1.165, 1.54) is 12.1 Å². The number of amides is 2. The molecule has 12 heteroatoms. The number of aliphatic hydroxyl groups excluding tert-OH is 1. The van der Waals surface area contributed by atoms with Gasteiger partial charge in [-0.05, 0) is 59.9 Å². The van der Waals surface area contributed by atoms with Crippen molar-refractivity contribution in [3.05, 3.63) is 118 Å². The first-order valence-corrected chi connectivity index (χ1v) is 18.1. The second-order valence-corrected chi connectivity index (χ2v) is 13.9. The Balaban J connectivity index is 0.892. The average Bonchev–Trinajstić information content (AvgIpc) is 3.17. The third-order valence-corrected chi connectivity index (χ3v) is 10.3. The fourth-order valence-corrected chi connectivity index (χ4v) is 7.28. The van der Waals surface area contributed by atoms with Gasteiger partial charge in [-0.1, -0.05) is 48.5 Å². The number of hydrogen-bond donors (Lipinski definition) is 6. The minimum atomic E-state index is -0.886. The van der Waals surface area contributed by atoms with E-state index < -0.39 is 12.2 Å². The van der Waals surface area contributed by atoms with E-state index in [0.29, 0.717) is 48.1 Å². The summed E-state index contributed by atoms with van der Waals surface area (Å²) in [5, 5.41) is 30.6. The van der Waals surface area contributed by atoms with E-state index in [-0.39, 0.29) is 34.9 Å². The highest BCUT2D eigenvalue weighted by Crippen LogP contribution is 2.36. The summed E-state index contributed by atoms with van der Waals surface area (Å²) in [5.41, 5.74) is 5.05. The Hall–Kier alpha value is -5.56. The van der Waals surface area contributed by atoms with Gasteiger partial charge in [0, 0.05) is 75.4 Å². The standard InChI is InChI=1S/C41H44N6O6/c48-35-15-13-32(33-14-16-38(51)46-39(33)35)36(49)26-42-24-29-10-11-30(25-43-29)44-37(50)8-4-5-27-9-12-31(28-6-2-1-3-7-28)34(23-27)45-40(52)53-41-17-20-47(21-18-41)22-19-41/h1-3,6-7,9-16,23,25,36,42,48-49H,4-5,8,17-22,24,26H2,(H,44,50)(H,45,52)(H,46,51)/t36-/m0/s1. The van der Waals surface area contributed by atoms with Crippen molar-refractivity contribution in [3.63, 3.8) is 0 Å². The van der Waals surface area contributed by atoms with Gasteiger partial charge < -0.3 is 35.5 Å². The number of H-pyrrole nitrogens is 1. The second-order valence-electron chi connectivity index (χ2n) is 13.9. The van der Waals surface area contributed by atoms with Crippen molar-refractivity contribution >= 4 is 34.3 Å². The van der Waals surface area contributed by atoms with Gasteiger partial charge in [0.25, 0.3) is 0 Å². The summed E-state index contributed by atoms with van der Waals surface area (Å²) in [4.78, 5) is 47.2. The Bertz CT molecular complexity index is 2120. The van der Waals surface area contributed by atoms with Crippen LogP contribution in [0.4, 0.5) is 16.2 Å². The Morgan fingerprint density at radius 2 is 1.74 bits per heavy atom. The Morgan fingerprint density at radius 1 is 0.943 bits per heavy atom. The third-order valence-electron chi connectivity index (χ3n) is 10.3. The van der Waals surface area contributed by atoms with Crippen molar-refractivity contribution in [2.75, 3.05) is 36.8 Å². The quantitative estimate of drug-likeness (QED) is 0.0874. The normalized spacial score (nSPS) is 18.4. The molecule has 3 saturated heterocycles. The number of aliphatic hydroxyl groups is 1. The first kappa shape index (κ1) is 35.8. The highest BCUT2D eigenvalue weighted by atomic mass is 16.6. The topological polar surface area (TPSA) is 169 Å². The summed E-state index contributed by atoms with van der Waals surface area (Å²) in [6, 6.07) is 25.6. The van der Waals surface area contributed by atoms with Gasteiger partial charge in [0.2, 0.25) is 11.5 Å². The number of aromatic nitrogens is 2. The lowest BCUT2D eigenvalue weighted by Gasteiger charge is -2.47. The van der Waals surface area contributed by atoms with Crippen LogP contribution in [0.3, 0.4) is 0 Å². The summed E-state index contributed by atoms with van der Waals surface area (Å²) in [5.74, 6) is -0.183. The number of carbonyl (C=O) groups excluding carboxylic acids is 2. The number of ether oxygens (including phenoxy) is 1. The maximum Gasteiger partial charge on any atom is 0.412 e. The molecule has 12 nitrogen and oxygen atoms in total. The molecule has 2 aromatic heterocycles. The van der Waals surface area contributed by atoms with E-state index in [1.54, 1.807) is 30.5 Å². The van der Waals surface area contributed by atoms with Gasteiger partial charge in [0.05, 0.1) is 34.9 Å². The number of aromatic hydroxyl groups is 1. The van der Waals surface area contributed by atoms with E-state index in [1.807, 2.05) is 48.5 Å². The monoisotopic (exact) mass is 716 g/mol. The highest BCUT2D eigenvalue weighted by molar-refractivity contribution is 5.92. The largest absolute Gasteiger partial charge is 0.506 e. The van der Waals surface area contributed by atoms with E-state index in [9.17, 15) is 24.6 Å². The van der Waals surface area contributed by atoms with Crippen molar-refractivity contribution in [3.8, 4) is 16.9 Å². The maximum absolute atomic E-state index is 13.2. The summed E-state index contributed by atoms with van der Waals surface area (Å²) >= 11 is 0. The molecule has 2 bridgehead atoms. The molecule has 8 rings (SSSR count). The van der Waals surface area contributed by atoms with Gasteiger partial charge in [-0.2, -0.15) is 0 Å². The fourth-order valence-electron chi connectivity index (χ4n) is 7.28. The summed E-state index contributed by atoms with van der Waals surface area (Å²) in [6.07, 6.45) is 4.46. The summed E-state index contributed by atoms with van der Waals surface area (Å²) in [7, 11) is 0. The van der Waals surface area contributed by atoms with Crippen LogP contribution in [0.1, 0.15) is 55.0 Å². The van der Waals surface area contributed by atoms with E-state index in [4.69, 9.17) is 4.74 Å². The number of aryl methyl sites for hydroxylation is 1. The zero-order valence-electron chi connectivity index (χ0n) is 29.4. The van der Waals surface area contributed by atoms with Crippen molar-refractivity contribution in [2.45, 2.75) is 56.8 Å². The molecule has 3 aliphatic rings. The molecular formula is C41H44N6O6. The first-order valence-electron chi connectivity index (χ1n) is 18.1. The van der Waals surface area contributed by atoms with Crippen LogP contribution in [-0.4, -0.2) is 68.9 Å². The van der Waals surface area contributed by atoms with Crippen LogP contribution in [0.15, 0.2) is 95.9 Å². The molecule has 53 heavy (non-hydrogen) atoms. The number of piperidine rings is 3. The number of phenolic OH excluding ortho intramolecular Hbond substituents is 1. The van der Waals surface area contributed by atoms with Gasteiger partial charge in [0.1, 0.15) is 11.4 Å². The zero-order valence-corrected chi connectivity index (χ0v) is 29.4. The van der Waals surface area contributed by atoms with Crippen LogP contribution >= 0.6 is 0 Å². The summed E-state index contributed by atoms with van der Waals surface area (Å²) in [6.45, 7) is 3.49. The molecule has 0 aliphatic carbocycles. The number of phenols is 1. The minimum absolute atomic E-state index is 0.0620. The predicted molar refractivity (Wildman–Crippen MR) is 204 cm³/mol. The lowest BCUT2D eigenvalue weighted by molar-refractivity contribution is -0.116. The number of benzene rings is 3. The predicted octanol–water partition coefficient (Wildman–Crippen LogP) is 5.87. The minimum Gasteiger partial charge on any atom is -0.506 e. The number of carbonyl (C=O) groups is 2. The molecule has 3 aliphatic heterocycles. The van der Waals surface area contributed by atoms with Crippen LogP contribution in [0.25, 0.3) is 22.0 Å². The number of aromatic amines is 1. The van der Waals surface area contributed by atoms with Crippen LogP contribution in [0, 0.1) is 0 Å². The molecule has 5 heterocycles. The fraction of sp³-hybridized carbons (Fsp3) is 0.317. The van der Waals surface area contributed by atoms with Gasteiger partial charge in [-0.15, -0.1) is 0 Å². The lowest BCUT2D eigenvalue weighted by Crippen LogP contribution is -2.54. The molecule has 2 amide bonds. The van der Waals surface area contributed by atoms with Crippen LogP contribution in [0.2, 0.25) is 0 Å². The Morgan fingerprint density at radius 3 is 2.49 bits per heavy atom. The van der Waals surface area contributed by atoms with E-state index in [0.717, 1.165) is 61.3 Å². The smallest absolute Gasteiger partial charge is 0.412 e. The molecule has 3 fully saturated rings. The van der Waals surface area contributed by atoms with Gasteiger partial charge in [-0.25, -0.2) is 4.79 Å². The zero-order chi connectivity index (χ0) is 36.8. The molecule has 0 saturated carbocycles. The molecule has 5 aromatic rings. The van der Waals surface area contributed by atoms with Crippen molar-refractivity contribution in [2.24, 2.45) is 0 Å². The Kier molecular flexibility index (Phi) is 10.8. The number of hydrogen-bond acceptors (Lipinski definition) is 9. The van der Waals surface area contributed by atoms with Crippen LogP contribution < -0.4 is 21.5 Å². The van der Waals surface area contributed by atoms with Crippen molar-refractivity contribution in [1.29, 1.82) is 0 Å². The molecule has 1 atom stereocenters. The van der Waals surface area contributed by atoms with Crippen LogP contribution in [-0.2, 0) is 22.5 Å². The van der Waals surface area contributed by atoms with Gasteiger partial charge >= 0.3 is 6.09 Å². The molecule has 0 spiro atoms. The Labute approximate surface area is 307 Å². The van der Waals surface area contributed by atoms with Crippen LogP contribution in [0.5, 0.6) is 5.75 Å². The van der Waals surface area contributed by atoms with Crippen molar-refractivity contribution in [1.82, 2.24) is 20.2 Å². The molecule has 6 N–H and O–H groups in total. The van der Waals surface area contributed by atoms with Gasteiger partial charge in [-0.3, -0.25) is 19.9 Å². The average molecular weight is 717 g/mol. The number of anilines is 2. The summed E-state index contributed by atoms with van der Waals surface area (Å²) < 4.78 is 6.08. The third kappa shape index (κ3) is 8.74. The number of fused-ring (bicyclic) bond motifs is 4. The molecule has 274 valence electrons. The lowest BCUT2D eigenvalue weighted by atomic mass is 9.83. The van der Waals surface area contributed by atoms with E-state index >= 15 is 0 Å².